The maximum absolute atomic E-state index is 12.4. The standard InChI is InChI=1S/C19H16IN5O3/c1-11(26)17(23-15-7-6-14(10-22)16(20)8-15)19(28)25-24-18(27)13-4-2-12(9-21)3-5-13/h2-8,11,17,23,26H,1H3,(H,24,27)(H,25,28)/t11-,17-/m1/s1. The predicted molar refractivity (Wildman–Crippen MR) is 110 cm³/mol. The highest BCUT2D eigenvalue weighted by molar-refractivity contribution is 14.1. The van der Waals surface area contributed by atoms with Gasteiger partial charge in [0.2, 0.25) is 0 Å². The lowest BCUT2D eigenvalue weighted by molar-refractivity contribution is -0.124. The third-order valence-corrected chi connectivity index (χ3v) is 4.64. The topological polar surface area (TPSA) is 138 Å². The highest BCUT2D eigenvalue weighted by Gasteiger charge is 2.24. The van der Waals surface area contributed by atoms with Gasteiger partial charge in [0.25, 0.3) is 11.8 Å². The quantitative estimate of drug-likeness (QED) is 0.373. The minimum absolute atomic E-state index is 0.266. The van der Waals surface area contributed by atoms with Crippen molar-refractivity contribution in [2.24, 2.45) is 0 Å². The van der Waals surface area contributed by atoms with Gasteiger partial charge in [-0.3, -0.25) is 20.4 Å². The first-order valence-corrected chi connectivity index (χ1v) is 9.18. The zero-order valence-electron chi connectivity index (χ0n) is 14.7. The number of hydrogen-bond acceptors (Lipinski definition) is 6. The number of halogens is 1. The van der Waals surface area contributed by atoms with Crippen LogP contribution >= 0.6 is 22.6 Å². The number of aliphatic hydroxyl groups excluding tert-OH is 1. The van der Waals surface area contributed by atoms with E-state index >= 15 is 0 Å². The second-order valence-electron chi connectivity index (χ2n) is 5.80. The van der Waals surface area contributed by atoms with Crippen LogP contribution in [-0.4, -0.2) is 29.1 Å². The molecule has 0 spiro atoms. The second kappa shape index (κ2) is 9.69. The lowest BCUT2D eigenvalue weighted by Gasteiger charge is -2.22. The first-order valence-electron chi connectivity index (χ1n) is 8.10. The maximum Gasteiger partial charge on any atom is 0.269 e. The van der Waals surface area contributed by atoms with Crippen molar-refractivity contribution in [3.05, 3.63) is 62.7 Å². The number of carbonyl (C=O) groups excluding carboxylic acids is 2. The summed E-state index contributed by atoms with van der Waals surface area (Å²) in [5.41, 5.74) is 6.26. The van der Waals surface area contributed by atoms with Crippen LogP contribution in [0.1, 0.15) is 28.4 Å². The molecule has 28 heavy (non-hydrogen) atoms. The van der Waals surface area contributed by atoms with E-state index in [9.17, 15) is 14.7 Å². The largest absolute Gasteiger partial charge is 0.391 e. The molecular weight excluding hydrogens is 473 g/mol. The Labute approximate surface area is 175 Å². The molecule has 0 saturated heterocycles. The lowest BCUT2D eigenvalue weighted by atomic mass is 10.1. The molecule has 2 aromatic rings. The van der Waals surface area contributed by atoms with Gasteiger partial charge in [-0.2, -0.15) is 10.5 Å². The summed E-state index contributed by atoms with van der Waals surface area (Å²) >= 11 is 2.00. The normalized spacial score (nSPS) is 12.0. The van der Waals surface area contributed by atoms with Gasteiger partial charge >= 0.3 is 0 Å². The summed E-state index contributed by atoms with van der Waals surface area (Å²) < 4.78 is 0.698. The number of carbonyl (C=O) groups is 2. The number of nitrogens with one attached hydrogen (secondary N) is 3. The van der Waals surface area contributed by atoms with Crippen LogP contribution in [0.3, 0.4) is 0 Å². The minimum atomic E-state index is -1.06. The molecule has 0 unspecified atom stereocenters. The van der Waals surface area contributed by atoms with Crippen molar-refractivity contribution in [1.82, 2.24) is 10.9 Å². The maximum atomic E-state index is 12.4. The molecule has 0 aliphatic heterocycles. The molecule has 0 radical (unpaired) electrons. The van der Waals surface area contributed by atoms with E-state index in [2.05, 4.69) is 16.2 Å². The fourth-order valence-corrected chi connectivity index (χ4v) is 2.88. The lowest BCUT2D eigenvalue weighted by Crippen LogP contribution is -2.52. The van der Waals surface area contributed by atoms with E-state index in [-0.39, 0.29) is 5.56 Å². The van der Waals surface area contributed by atoms with Gasteiger partial charge in [-0.05, 0) is 72.0 Å². The Morgan fingerprint density at radius 3 is 2.29 bits per heavy atom. The van der Waals surface area contributed by atoms with E-state index < -0.39 is 24.0 Å². The molecule has 8 nitrogen and oxygen atoms in total. The van der Waals surface area contributed by atoms with E-state index in [0.717, 1.165) is 0 Å². The number of rotatable bonds is 5. The number of aliphatic hydroxyl groups is 1. The Morgan fingerprint density at radius 1 is 1.07 bits per heavy atom. The van der Waals surface area contributed by atoms with Crippen LogP contribution < -0.4 is 16.2 Å². The molecule has 0 saturated carbocycles. The zero-order valence-corrected chi connectivity index (χ0v) is 16.9. The zero-order chi connectivity index (χ0) is 20.7. The van der Waals surface area contributed by atoms with Crippen LogP contribution in [0.4, 0.5) is 5.69 Å². The first-order chi connectivity index (χ1) is 13.3. The monoisotopic (exact) mass is 489 g/mol. The average molecular weight is 489 g/mol. The Balaban J connectivity index is 2.02. The van der Waals surface area contributed by atoms with Crippen molar-refractivity contribution in [3.8, 4) is 12.1 Å². The van der Waals surface area contributed by atoms with Crippen LogP contribution in [0.5, 0.6) is 0 Å². The SMILES string of the molecule is C[C@@H](O)[C@@H](Nc1ccc(C#N)c(I)c1)C(=O)NNC(=O)c1ccc(C#N)cc1. The summed E-state index contributed by atoms with van der Waals surface area (Å²) in [5.74, 6) is -1.20. The molecule has 0 fully saturated rings. The highest BCUT2D eigenvalue weighted by Crippen LogP contribution is 2.18. The summed E-state index contributed by atoms with van der Waals surface area (Å²) in [6, 6.07) is 13.8. The Bertz CT molecular complexity index is 961. The number of anilines is 1. The fraction of sp³-hybridized carbons (Fsp3) is 0.158. The average Bonchev–Trinajstić information content (AvgIpc) is 2.69. The van der Waals surface area contributed by atoms with Crippen LogP contribution in [0.25, 0.3) is 0 Å². The van der Waals surface area contributed by atoms with Gasteiger partial charge in [-0.1, -0.05) is 0 Å². The second-order valence-corrected chi connectivity index (χ2v) is 6.96. The van der Waals surface area contributed by atoms with Gasteiger partial charge in [0.05, 0.1) is 23.3 Å². The molecule has 2 rings (SSSR count). The van der Waals surface area contributed by atoms with Crippen molar-refractivity contribution in [2.45, 2.75) is 19.1 Å². The number of hydrogen-bond donors (Lipinski definition) is 4. The summed E-state index contributed by atoms with van der Waals surface area (Å²) in [4.78, 5) is 24.5. The van der Waals surface area contributed by atoms with E-state index in [0.29, 0.717) is 20.4 Å². The van der Waals surface area contributed by atoms with Crippen molar-refractivity contribution in [3.63, 3.8) is 0 Å². The van der Waals surface area contributed by atoms with Gasteiger partial charge in [0.15, 0.2) is 0 Å². The fourth-order valence-electron chi connectivity index (χ4n) is 2.24. The molecular formula is C19H16IN5O3. The Kier molecular flexibility index (Phi) is 7.32. The molecule has 0 bridgehead atoms. The molecule has 9 heteroatoms. The summed E-state index contributed by atoms with van der Waals surface area (Å²) in [6.45, 7) is 1.44. The molecule has 0 aromatic heterocycles. The Hall–Kier alpha value is -3.15. The number of hydrazine groups is 1. The van der Waals surface area contributed by atoms with Crippen molar-refractivity contribution in [1.29, 1.82) is 10.5 Å². The van der Waals surface area contributed by atoms with Gasteiger partial charge in [0.1, 0.15) is 12.1 Å². The number of amides is 2. The number of nitriles is 2. The smallest absolute Gasteiger partial charge is 0.269 e. The first kappa shape index (κ1) is 21.2. The summed E-state index contributed by atoms with van der Waals surface area (Å²) in [5, 5.41) is 30.6. The van der Waals surface area contributed by atoms with Gasteiger partial charge in [0, 0.05) is 14.8 Å². The van der Waals surface area contributed by atoms with Gasteiger partial charge in [-0.25, -0.2) is 0 Å². The molecule has 0 aliphatic carbocycles. The molecule has 142 valence electrons. The molecule has 2 atom stereocenters. The predicted octanol–water partition coefficient (Wildman–Crippen LogP) is 1.66. The molecule has 0 heterocycles. The van der Waals surface area contributed by atoms with Crippen molar-refractivity contribution in [2.75, 3.05) is 5.32 Å². The molecule has 4 N–H and O–H groups in total. The summed E-state index contributed by atoms with van der Waals surface area (Å²) in [6.07, 6.45) is -1.06. The van der Waals surface area contributed by atoms with Crippen molar-refractivity contribution < 1.29 is 14.7 Å². The summed E-state index contributed by atoms with van der Waals surface area (Å²) in [7, 11) is 0. The van der Waals surface area contributed by atoms with Crippen molar-refractivity contribution >= 4 is 40.1 Å². The number of benzene rings is 2. The minimum Gasteiger partial charge on any atom is -0.391 e. The Morgan fingerprint density at radius 2 is 1.75 bits per heavy atom. The van der Waals surface area contributed by atoms with Crippen LogP contribution in [0, 0.1) is 26.2 Å². The molecule has 2 aromatic carbocycles. The van der Waals surface area contributed by atoms with Gasteiger partial charge in [-0.15, -0.1) is 0 Å². The van der Waals surface area contributed by atoms with E-state index in [1.54, 1.807) is 18.2 Å². The third kappa shape index (κ3) is 5.42. The van der Waals surface area contributed by atoms with E-state index in [1.807, 2.05) is 34.7 Å². The van der Waals surface area contributed by atoms with E-state index in [1.165, 1.54) is 31.2 Å². The van der Waals surface area contributed by atoms with Crippen LogP contribution in [0.15, 0.2) is 42.5 Å². The highest BCUT2D eigenvalue weighted by atomic mass is 127. The molecule has 0 aliphatic rings. The van der Waals surface area contributed by atoms with Crippen LogP contribution in [0.2, 0.25) is 0 Å². The van der Waals surface area contributed by atoms with Crippen LogP contribution in [-0.2, 0) is 4.79 Å². The third-order valence-electron chi connectivity index (χ3n) is 3.75. The number of nitrogens with zero attached hydrogens (tertiary/aromatic N) is 2. The van der Waals surface area contributed by atoms with E-state index in [4.69, 9.17) is 10.5 Å². The van der Waals surface area contributed by atoms with Gasteiger partial charge < -0.3 is 10.4 Å². The molecule has 2 amide bonds.